The maximum atomic E-state index is 8.79. The Labute approximate surface area is 136 Å². The maximum absolute atomic E-state index is 8.79. The second-order valence-corrected chi connectivity index (χ2v) is 5.73. The van der Waals surface area contributed by atoms with E-state index in [9.17, 15) is 0 Å². The number of nitriles is 1. The summed E-state index contributed by atoms with van der Waals surface area (Å²) in [6.45, 7) is 7.35. The first-order valence-electron chi connectivity index (χ1n) is 7.27. The second-order valence-electron chi connectivity index (χ2n) is 4.87. The number of nitrogens with one attached hydrogen (secondary N) is 1. The van der Waals surface area contributed by atoms with E-state index < -0.39 is 0 Å². The minimum atomic E-state index is 0.310. The van der Waals surface area contributed by atoms with Crippen molar-refractivity contribution in [1.29, 1.82) is 5.26 Å². The zero-order valence-corrected chi connectivity index (χ0v) is 14.6. The SMILES string of the molecule is CCNC(C)c1ccc(N(CCC#N)CCOC)cc1Br. The highest BCUT2D eigenvalue weighted by molar-refractivity contribution is 9.10. The van der Waals surface area contributed by atoms with Gasteiger partial charge in [-0.2, -0.15) is 5.26 Å². The van der Waals surface area contributed by atoms with Gasteiger partial charge in [-0.1, -0.05) is 28.9 Å². The van der Waals surface area contributed by atoms with Crippen LogP contribution in [0, 0.1) is 11.3 Å². The standard InChI is InChI=1S/C16H24BrN3O/c1-4-19-13(2)15-7-6-14(12-16(15)17)20(9-5-8-18)10-11-21-3/h6-7,12-13,19H,4-5,9-11H2,1-3H3. The van der Waals surface area contributed by atoms with Gasteiger partial charge in [0.05, 0.1) is 19.1 Å². The fraction of sp³-hybridized carbons (Fsp3) is 0.562. The smallest absolute Gasteiger partial charge is 0.0640 e. The zero-order valence-electron chi connectivity index (χ0n) is 13.0. The number of halogens is 1. The van der Waals surface area contributed by atoms with E-state index in [4.69, 9.17) is 10.00 Å². The fourth-order valence-corrected chi connectivity index (χ4v) is 2.95. The molecule has 0 aromatic heterocycles. The van der Waals surface area contributed by atoms with Crippen molar-refractivity contribution in [3.8, 4) is 6.07 Å². The molecule has 1 unspecified atom stereocenters. The van der Waals surface area contributed by atoms with Crippen LogP contribution in [-0.4, -0.2) is 33.4 Å². The molecule has 5 heteroatoms. The average Bonchev–Trinajstić information content (AvgIpc) is 2.47. The average molecular weight is 354 g/mol. The molecule has 0 heterocycles. The van der Waals surface area contributed by atoms with Crippen LogP contribution in [0.15, 0.2) is 22.7 Å². The van der Waals surface area contributed by atoms with E-state index >= 15 is 0 Å². The molecule has 1 aromatic carbocycles. The van der Waals surface area contributed by atoms with Crippen molar-refractivity contribution in [1.82, 2.24) is 5.32 Å². The van der Waals surface area contributed by atoms with Crippen LogP contribution in [0.25, 0.3) is 0 Å². The number of rotatable bonds is 9. The lowest BCUT2D eigenvalue weighted by Crippen LogP contribution is -2.28. The predicted octanol–water partition coefficient (Wildman–Crippen LogP) is 3.49. The molecule has 0 radical (unpaired) electrons. The normalized spacial score (nSPS) is 12.0. The van der Waals surface area contributed by atoms with Gasteiger partial charge in [0.25, 0.3) is 0 Å². The molecule has 0 bridgehead atoms. The van der Waals surface area contributed by atoms with Crippen LogP contribution in [-0.2, 0) is 4.74 Å². The van der Waals surface area contributed by atoms with Crippen molar-refractivity contribution in [2.75, 3.05) is 38.3 Å². The van der Waals surface area contributed by atoms with E-state index in [1.54, 1.807) is 7.11 Å². The molecule has 1 rings (SSSR count). The lowest BCUT2D eigenvalue weighted by molar-refractivity contribution is 0.205. The van der Waals surface area contributed by atoms with Crippen LogP contribution in [0.2, 0.25) is 0 Å². The highest BCUT2D eigenvalue weighted by atomic mass is 79.9. The minimum absolute atomic E-state index is 0.310. The number of benzene rings is 1. The van der Waals surface area contributed by atoms with Crippen LogP contribution in [0.5, 0.6) is 0 Å². The van der Waals surface area contributed by atoms with Crippen LogP contribution in [0.1, 0.15) is 31.9 Å². The molecule has 0 aliphatic rings. The van der Waals surface area contributed by atoms with Crippen molar-refractivity contribution in [3.05, 3.63) is 28.2 Å². The summed E-state index contributed by atoms with van der Waals surface area (Å²) in [4.78, 5) is 2.18. The van der Waals surface area contributed by atoms with E-state index in [2.05, 4.69) is 64.3 Å². The fourth-order valence-electron chi connectivity index (χ4n) is 2.24. The van der Waals surface area contributed by atoms with E-state index in [1.807, 2.05) is 0 Å². The predicted molar refractivity (Wildman–Crippen MR) is 90.6 cm³/mol. The van der Waals surface area contributed by atoms with Crippen molar-refractivity contribution in [3.63, 3.8) is 0 Å². The van der Waals surface area contributed by atoms with Crippen molar-refractivity contribution < 1.29 is 4.74 Å². The molecule has 0 saturated heterocycles. The van der Waals surface area contributed by atoms with E-state index in [0.29, 0.717) is 25.6 Å². The van der Waals surface area contributed by atoms with Crippen molar-refractivity contribution in [2.24, 2.45) is 0 Å². The molecule has 0 amide bonds. The number of anilines is 1. The number of hydrogen-bond acceptors (Lipinski definition) is 4. The first-order valence-corrected chi connectivity index (χ1v) is 8.07. The third-order valence-corrected chi connectivity index (χ3v) is 4.07. The Morgan fingerprint density at radius 2 is 2.19 bits per heavy atom. The van der Waals surface area contributed by atoms with Crippen molar-refractivity contribution in [2.45, 2.75) is 26.3 Å². The first-order chi connectivity index (χ1) is 10.1. The van der Waals surface area contributed by atoms with E-state index in [0.717, 1.165) is 23.2 Å². The Balaban J connectivity index is 2.89. The topological polar surface area (TPSA) is 48.3 Å². The van der Waals surface area contributed by atoms with Crippen molar-refractivity contribution >= 4 is 21.6 Å². The summed E-state index contributed by atoms with van der Waals surface area (Å²) >= 11 is 3.66. The lowest BCUT2D eigenvalue weighted by Gasteiger charge is -2.25. The van der Waals surface area contributed by atoms with E-state index in [1.165, 1.54) is 5.56 Å². The van der Waals surface area contributed by atoms with Crippen LogP contribution < -0.4 is 10.2 Å². The second kappa shape index (κ2) is 9.78. The number of nitrogens with zero attached hydrogens (tertiary/aromatic N) is 2. The molecule has 4 nitrogen and oxygen atoms in total. The third kappa shape index (κ3) is 5.66. The molecule has 116 valence electrons. The Hall–Kier alpha value is -1.09. The largest absolute Gasteiger partial charge is 0.383 e. The Morgan fingerprint density at radius 3 is 2.76 bits per heavy atom. The van der Waals surface area contributed by atoms with Gasteiger partial charge >= 0.3 is 0 Å². The Morgan fingerprint density at radius 1 is 1.43 bits per heavy atom. The minimum Gasteiger partial charge on any atom is -0.383 e. The molecule has 1 aromatic rings. The molecule has 21 heavy (non-hydrogen) atoms. The quantitative estimate of drug-likeness (QED) is 0.738. The van der Waals surface area contributed by atoms with Crippen LogP contribution in [0.4, 0.5) is 5.69 Å². The molecule has 0 saturated carbocycles. The van der Waals surface area contributed by atoms with Gasteiger partial charge in [-0.05, 0) is 31.2 Å². The highest BCUT2D eigenvalue weighted by Crippen LogP contribution is 2.28. The summed E-state index contributed by atoms with van der Waals surface area (Å²) in [6, 6.07) is 8.88. The number of ether oxygens (including phenoxy) is 1. The molecule has 1 atom stereocenters. The molecule has 0 fully saturated rings. The molecule has 0 aliphatic carbocycles. The number of hydrogen-bond donors (Lipinski definition) is 1. The molecular weight excluding hydrogens is 330 g/mol. The third-order valence-electron chi connectivity index (χ3n) is 3.38. The Kier molecular flexibility index (Phi) is 8.36. The molecule has 0 spiro atoms. The summed E-state index contributed by atoms with van der Waals surface area (Å²) < 4.78 is 6.24. The van der Waals surface area contributed by atoms with Gasteiger partial charge in [0.2, 0.25) is 0 Å². The Bertz CT molecular complexity index is 473. The van der Waals surface area contributed by atoms with Crippen LogP contribution >= 0.6 is 15.9 Å². The monoisotopic (exact) mass is 353 g/mol. The van der Waals surface area contributed by atoms with E-state index in [-0.39, 0.29) is 0 Å². The summed E-state index contributed by atoms with van der Waals surface area (Å²) in [5.74, 6) is 0. The lowest BCUT2D eigenvalue weighted by atomic mass is 10.1. The maximum Gasteiger partial charge on any atom is 0.0640 e. The summed E-state index contributed by atoms with van der Waals surface area (Å²) in [5, 5.41) is 12.2. The molecule has 1 N–H and O–H groups in total. The molecule has 0 aliphatic heterocycles. The van der Waals surface area contributed by atoms with Gasteiger partial charge in [-0.3, -0.25) is 0 Å². The molecular formula is C16H24BrN3O. The first kappa shape index (κ1) is 18.0. The van der Waals surface area contributed by atoms with Crippen LogP contribution in [0.3, 0.4) is 0 Å². The summed E-state index contributed by atoms with van der Waals surface area (Å²) in [6.07, 6.45) is 0.511. The summed E-state index contributed by atoms with van der Waals surface area (Å²) in [7, 11) is 1.69. The van der Waals surface area contributed by atoms with Gasteiger partial charge in [0.15, 0.2) is 0 Å². The zero-order chi connectivity index (χ0) is 15.7. The van der Waals surface area contributed by atoms with Gasteiger partial charge < -0.3 is 15.0 Å². The highest BCUT2D eigenvalue weighted by Gasteiger charge is 2.12. The summed E-state index contributed by atoms with van der Waals surface area (Å²) in [5.41, 5.74) is 2.36. The van der Waals surface area contributed by atoms with Gasteiger partial charge in [0.1, 0.15) is 0 Å². The number of methoxy groups -OCH3 is 1. The van der Waals surface area contributed by atoms with Gasteiger partial charge in [0, 0.05) is 36.4 Å². The van der Waals surface area contributed by atoms with Gasteiger partial charge in [-0.15, -0.1) is 0 Å². The van der Waals surface area contributed by atoms with Gasteiger partial charge in [-0.25, -0.2) is 0 Å².